The van der Waals surface area contributed by atoms with E-state index in [-0.39, 0.29) is 19.4 Å². The zero-order valence-electron chi connectivity index (χ0n) is 6.77. The highest BCUT2D eigenvalue weighted by Gasteiger charge is 2.37. The molecule has 0 spiro atoms. The molecule has 0 aliphatic heterocycles. The number of carbonyl (C=O) groups is 1. The second kappa shape index (κ2) is 5.31. The van der Waals surface area contributed by atoms with Crippen molar-refractivity contribution >= 4 is 17.6 Å². The first-order chi connectivity index (χ1) is 5.92. The molecule has 0 bridgehead atoms. The summed E-state index contributed by atoms with van der Waals surface area (Å²) in [5.74, 6) is -1.53. The Bertz CT molecular complexity index is 182. The fourth-order valence-electron chi connectivity index (χ4n) is 0.759. The lowest BCUT2D eigenvalue weighted by atomic mass is 10.1. The molecule has 1 unspecified atom stereocenters. The maximum atomic E-state index is 11.8. The van der Waals surface area contributed by atoms with Gasteiger partial charge in [0.25, 0.3) is 6.55 Å². The SMILES string of the molecule is NCCCC(Cl)(NC(F)F)C(=O)O. The zero-order chi connectivity index (χ0) is 10.5. The normalized spacial score (nSPS) is 15.8. The van der Waals surface area contributed by atoms with Gasteiger partial charge in [0, 0.05) is 0 Å². The summed E-state index contributed by atoms with van der Waals surface area (Å²) in [6.07, 6.45) is 0.111. The van der Waals surface area contributed by atoms with E-state index in [1.165, 1.54) is 5.32 Å². The summed E-state index contributed by atoms with van der Waals surface area (Å²) < 4.78 is 23.7. The molecule has 0 radical (unpaired) electrons. The van der Waals surface area contributed by atoms with Crippen molar-refractivity contribution in [2.24, 2.45) is 5.73 Å². The quantitative estimate of drug-likeness (QED) is 0.448. The molecule has 78 valence electrons. The summed E-state index contributed by atoms with van der Waals surface area (Å²) >= 11 is 5.40. The Morgan fingerprint density at radius 1 is 1.69 bits per heavy atom. The van der Waals surface area contributed by atoms with Crippen LogP contribution in [0, 0.1) is 0 Å². The van der Waals surface area contributed by atoms with E-state index in [0.717, 1.165) is 0 Å². The predicted octanol–water partition coefficient (Wildman–Crippen LogP) is 0.557. The van der Waals surface area contributed by atoms with Gasteiger partial charge in [-0.25, -0.2) is 10.1 Å². The first-order valence-electron chi connectivity index (χ1n) is 3.60. The van der Waals surface area contributed by atoms with Crippen LogP contribution in [0.4, 0.5) is 8.78 Å². The van der Waals surface area contributed by atoms with Crippen molar-refractivity contribution in [3.63, 3.8) is 0 Å². The lowest BCUT2D eigenvalue weighted by Gasteiger charge is -2.22. The van der Waals surface area contributed by atoms with Gasteiger partial charge in [0.05, 0.1) is 0 Å². The van der Waals surface area contributed by atoms with Gasteiger partial charge >= 0.3 is 5.97 Å². The second-order valence-electron chi connectivity index (χ2n) is 2.44. The molecular formula is C6H11ClF2N2O2. The van der Waals surface area contributed by atoms with E-state index in [0.29, 0.717) is 0 Å². The number of nitrogens with two attached hydrogens (primary N) is 1. The van der Waals surface area contributed by atoms with E-state index in [2.05, 4.69) is 0 Å². The van der Waals surface area contributed by atoms with Crippen LogP contribution < -0.4 is 11.1 Å². The minimum Gasteiger partial charge on any atom is -0.479 e. The Hall–Kier alpha value is -0.460. The van der Waals surface area contributed by atoms with Gasteiger partial charge in [0.2, 0.25) is 0 Å². The molecule has 0 aliphatic carbocycles. The van der Waals surface area contributed by atoms with Gasteiger partial charge in [-0.3, -0.25) is 0 Å². The maximum Gasteiger partial charge on any atom is 0.339 e. The average Bonchev–Trinajstić information content (AvgIpc) is 1.99. The third kappa shape index (κ3) is 4.35. The van der Waals surface area contributed by atoms with Gasteiger partial charge in [0.15, 0.2) is 5.00 Å². The first-order valence-corrected chi connectivity index (χ1v) is 3.98. The second-order valence-corrected chi connectivity index (χ2v) is 3.09. The minimum absolute atomic E-state index is 0.148. The monoisotopic (exact) mass is 216 g/mol. The van der Waals surface area contributed by atoms with E-state index >= 15 is 0 Å². The topological polar surface area (TPSA) is 75.3 Å². The molecular weight excluding hydrogens is 206 g/mol. The molecule has 0 heterocycles. The van der Waals surface area contributed by atoms with E-state index in [4.69, 9.17) is 22.4 Å². The first kappa shape index (κ1) is 12.5. The standard InChI is InChI=1S/C6H11ClF2N2O2/c7-6(4(12)13,2-1-3-10)11-5(8)9/h5,11H,1-3,10H2,(H,12,13). The van der Waals surface area contributed by atoms with Gasteiger partial charge in [-0.05, 0) is 19.4 Å². The van der Waals surface area contributed by atoms with Gasteiger partial charge in [-0.15, -0.1) is 0 Å². The number of nitrogens with one attached hydrogen (secondary N) is 1. The molecule has 7 heteroatoms. The van der Waals surface area contributed by atoms with Crippen LogP contribution >= 0.6 is 11.6 Å². The molecule has 0 aromatic carbocycles. The average molecular weight is 217 g/mol. The van der Waals surface area contributed by atoms with E-state index in [1.807, 2.05) is 0 Å². The van der Waals surface area contributed by atoms with Crippen LogP contribution in [-0.4, -0.2) is 29.2 Å². The Morgan fingerprint density at radius 3 is 2.54 bits per heavy atom. The van der Waals surface area contributed by atoms with Crippen LogP contribution in [0.3, 0.4) is 0 Å². The molecule has 0 aliphatic rings. The number of carboxylic acid groups (broad SMARTS) is 1. The summed E-state index contributed by atoms with van der Waals surface area (Å²) in [5, 5.41) is 10.0. The molecule has 0 saturated heterocycles. The van der Waals surface area contributed by atoms with Crippen LogP contribution in [0.15, 0.2) is 0 Å². The summed E-state index contributed by atoms with van der Waals surface area (Å²) in [6.45, 7) is -2.77. The predicted molar refractivity (Wildman–Crippen MR) is 43.6 cm³/mol. The molecule has 13 heavy (non-hydrogen) atoms. The Morgan fingerprint density at radius 2 is 2.23 bits per heavy atom. The number of alkyl halides is 3. The largest absolute Gasteiger partial charge is 0.479 e. The molecule has 1 atom stereocenters. The molecule has 0 amide bonds. The molecule has 4 nitrogen and oxygen atoms in total. The Balaban J connectivity index is 4.25. The molecule has 0 aromatic rings. The number of hydrogen-bond donors (Lipinski definition) is 3. The Labute approximate surface area is 79.0 Å². The summed E-state index contributed by atoms with van der Waals surface area (Å²) in [6, 6.07) is 0. The van der Waals surface area contributed by atoms with Gasteiger partial charge in [0.1, 0.15) is 0 Å². The fourth-order valence-corrected chi connectivity index (χ4v) is 0.976. The van der Waals surface area contributed by atoms with E-state index in [1.54, 1.807) is 0 Å². The minimum atomic E-state index is -2.97. The summed E-state index contributed by atoms with van der Waals surface area (Å²) in [7, 11) is 0. The van der Waals surface area contributed by atoms with Gasteiger partial charge in [-0.1, -0.05) is 11.6 Å². The molecule has 4 N–H and O–H groups in total. The smallest absolute Gasteiger partial charge is 0.339 e. The van der Waals surface area contributed by atoms with Crippen molar-refractivity contribution in [1.29, 1.82) is 0 Å². The van der Waals surface area contributed by atoms with Crippen LogP contribution in [0.25, 0.3) is 0 Å². The third-order valence-corrected chi connectivity index (χ3v) is 1.86. The molecule has 0 fully saturated rings. The van der Waals surface area contributed by atoms with Crippen LogP contribution in [0.2, 0.25) is 0 Å². The zero-order valence-corrected chi connectivity index (χ0v) is 7.52. The summed E-state index contributed by atoms with van der Waals surface area (Å²) in [4.78, 5) is 8.38. The highest BCUT2D eigenvalue weighted by molar-refractivity contribution is 6.33. The maximum absolute atomic E-state index is 11.8. The highest BCUT2D eigenvalue weighted by Crippen LogP contribution is 2.19. The number of halogens is 3. The van der Waals surface area contributed by atoms with Crippen molar-refractivity contribution in [1.82, 2.24) is 5.32 Å². The molecule has 0 rings (SSSR count). The van der Waals surface area contributed by atoms with Gasteiger partial charge < -0.3 is 10.8 Å². The number of hydrogen-bond acceptors (Lipinski definition) is 3. The van der Waals surface area contributed by atoms with Crippen molar-refractivity contribution in [2.45, 2.75) is 24.4 Å². The highest BCUT2D eigenvalue weighted by atomic mass is 35.5. The third-order valence-electron chi connectivity index (χ3n) is 1.40. The fraction of sp³-hybridized carbons (Fsp3) is 0.833. The van der Waals surface area contributed by atoms with Crippen molar-refractivity contribution in [3.8, 4) is 0 Å². The molecule has 0 aromatic heterocycles. The van der Waals surface area contributed by atoms with Crippen LogP contribution in [0.1, 0.15) is 12.8 Å². The van der Waals surface area contributed by atoms with Crippen molar-refractivity contribution in [2.75, 3.05) is 6.54 Å². The van der Waals surface area contributed by atoms with Crippen LogP contribution in [0.5, 0.6) is 0 Å². The van der Waals surface area contributed by atoms with E-state index < -0.39 is 17.5 Å². The summed E-state index contributed by atoms with van der Waals surface area (Å²) in [5.41, 5.74) is 5.10. The van der Waals surface area contributed by atoms with E-state index in [9.17, 15) is 13.6 Å². The molecule has 0 saturated carbocycles. The van der Waals surface area contributed by atoms with Crippen molar-refractivity contribution in [3.05, 3.63) is 0 Å². The Kier molecular flexibility index (Phi) is 5.12. The lowest BCUT2D eigenvalue weighted by molar-refractivity contribution is -0.143. The van der Waals surface area contributed by atoms with Gasteiger partial charge in [-0.2, -0.15) is 8.78 Å². The number of carboxylic acids is 1. The van der Waals surface area contributed by atoms with Crippen LogP contribution in [-0.2, 0) is 4.79 Å². The lowest BCUT2D eigenvalue weighted by Crippen LogP contribution is -2.49. The van der Waals surface area contributed by atoms with Crippen molar-refractivity contribution < 1.29 is 18.7 Å². The number of aliphatic carboxylic acids is 1. The number of rotatable bonds is 6.